The lowest BCUT2D eigenvalue weighted by atomic mass is 10.0. The Bertz CT molecular complexity index is 1330. The van der Waals surface area contributed by atoms with Crippen molar-refractivity contribution in [3.8, 4) is 5.69 Å². The number of fused-ring (bicyclic) bond motifs is 1. The number of nitro benzene ring substituents is 1. The third kappa shape index (κ3) is 3.98. The summed E-state index contributed by atoms with van der Waals surface area (Å²) in [6.45, 7) is 2.01. The van der Waals surface area contributed by atoms with Crippen molar-refractivity contribution in [1.29, 1.82) is 0 Å². The van der Waals surface area contributed by atoms with Crippen molar-refractivity contribution in [1.82, 2.24) is 19.7 Å². The van der Waals surface area contributed by atoms with Gasteiger partial charge in [-0.2, -0.15) is 5.10 Å². The standard InChI is InChI=1S/C23H21N7O3/c31-23(16-4-6-21(22(12-16)30(32)33)29-15-25-14-26-29)27-19-5-7-20(28-10-2-1-3-11-28)17-8-9-24-13-18(17)19/h4-9,12-15H,1-3,10-11H2,(H,27,31). The Labute approximate surface area is 189 Å². The van der Waals surface area contributed by atoms with Crippen molar-refractivity contribution in [3.05, 3.63) is 77.1 Å². The molecule has 1 aliphatic heterocycles. The van der Waals surface area contributed by atoms with Gasteiger partial charge in [-0.25, -0.2) is 9.67 Å². The first-order valence-corrected chi connectivity index (χ1v) is 10.7. The third-order valence-electron chi connectivity index (χ3n) is 5.84. The maximum absolute atomic E-state index is 13.0. The quantitative estimate of drug-likeness (QED) is 0.366. The van der Waals surface area contributed by atoms with E-state index < -0.39 is 10.8 Å². The molecule has 0 unspecified atom stereocenters. The van der Waals surface area contributed by atoms with Gasteiger partial charge in [-0.05, 0) is 49.6 Å². The Balaban J connectivity index is 1.47. The van der Waals surface area contributed by atoms with E-state index in [9.17, 15) is 14.9 Å². The number of amides is 1. The van der Waals surface area contributed by atoms with E-state index in [4.69, 9.17) is 0 Å². The van der Waals surface area contributed by atoms with Crippen LogP contribution in [-0.2, 0) is 0 Å². The predicted molar refractivity (Wildman–Crippen MR) is 124 cm³/mol. The van der Waals surface area contributed by atoms with Crippen LogP contribution in [0.5, 0.6) is 0 Å². The molecule has 10 nitrogen and oxygen atoms in total. The first kappa shape index (κ1) is 20.6. The van der Waals surface area contributed by atoms with Crippen LogP contribution in [0.25, 0.3) is 16.5 Å². The summed E-state index contributed by atoms with van der Waals surface area (Å²) >= 11 is 0. The number of piperidine rings is 1. The Kier molecular flexibility index (Phi) is 5.39. The fraction of sp³-hybridized carbons (Fsp3) is 0.217. The van der Waals surface area contributed by atoms with Gasteiger partial charge >= 0.3 is 0 Å². The Morgan fingerprint density at radius 2 is 1.82 bits per heavy atom. The normalized spacial score (nSPS) is 13.8. The van der Waals surface area contributed by atoms with Gasteiger partial charge in [-0.3, -0.25) is 19.9 Å². The molecule has 0 bridgehead atoms. The molecule has 1 fully saturated rings. The molecule has 1 amide bonds. The van der Waals surface area contributed by atoms with Crippen LogP contribution < -0.4 is 10.2 Å². The van der Waals surface area contributed by atoms with Crippen LogP contribution in [0.2, 0.25) is 0 Å². The van der Waals surface area contributed by atoms with E-state index in [1.807, 2.05) is 18.2 Å². The molecule has 1 aliphatic rings. The lowest BCUT2D eigenvalue weighted by Gasteiger charge is -2.30. The molecule has 1 N–H and O–H groups in total. The number of rotatable bonds is 5. The summed E-state index contributed by atoms with van der Waals surface area (Å²) in [5.41, 5.74) is 1.89. The summed E-state index contributed by atoms with van der Waals surface area (Å²) in [4.78, 5) is 34.5. The monoisotopic (exact) mass is 443 g/mol. The molecule has 33 heavy (non-hydrogen) atoms. The summed E-state index contributed by atoms with van der Waals surface area (Å²) in [6.07, 6.45) is 9.69. The second kappa shape index (κ2) is 8.65. The van der Waals surface area contributed by atoms with E-state index in [1.165, 1.54) is 42.0 Å². The number of pyridine rings is 1. The maximum Gasteiger partial charge on any atom is 0.295 e. The molecule has 5 rings (SSSR count). The van der Waals surface area contributed by atoms with E-state index in [1.54, 1.807) is 12.4 Å². The molecule has 0 spiro atoms. The smallest absolute Gasteiger partial charge is 0.295 e. The first-order chi connectivity index (χ1) is 16.1. The number of aromatic nitrogens is 4. The summed E-state index contributed by atoms with van der Waals surface area (Å²) in [5.74, 6) is -0.445. The van der Waals surface area contributed by atoms with Crippen molar-refractivity contribution in [2.24, 2.45) is 0 Å². The molecule has 1 saturated heterocycles. The summed E-state index contributed by atoms with van der Waals surface area (Å²) in [6, 6.07) is 10.1. The fourth-order valence-corrected chi connectivity index (χ4v) is 4.23. The maximum atomic E-state index is 13.0. The van der Waals surface area contributed by atoms with Gasteiger partial charge < -0.3 is 10.2 Å². The minimum absolute atomic E-state index is 0.169. The van der Waals surface area contributed by atoms with E-state index in [-0.39, 0.29) is 16.9 Å². The van der Waals surface area contributed by atoms with E-state index in [0.29, 0.717) is 5.69 Å². The molecule has 0 aliphatic carbocycles. The van der Waals surface area contributed by atoms with Gasteiger partial charge in [0.05, 0.1) is 10.6 Å². The molecular formula is C23H21N7O3. The lowest BCUT2D eigenvalue weighted by molar-refractivity contribution is -0.384. The second-order valence-electron chi connectivity index (χ2n) is 7.86. The number of hydrogen-bond donors (Lipinski definition) is 1. The zero-order chi connectivity index (χ0) is 22.8. The molecule has 0 atom stereocenters. The van der Waals surface area contributed by atoms with Gasteiger partial charge in [-0.1, -0.05) is 0 Å². The number of nitro groups is 1. The molecular weight excluding hydrogens is 422 g/mol. The van der Waals surface area contributed by atoms with Crippen LogP contribution in [-0.4, -0.2) is 43.7 Å². The van der Waals surface area contributed by atoms with Gasteiger partial charge in [0.1, 0.15) is 18.3 Å². The van der Waals surface area contributed by atoms with Gasteiger partial charge in [0.15, 0.2) is 0 Å². The Hall–Kier alpha value is -4.34. The van der Waals surface area contributed by atoms with Crippen molar-refractivity contribution < 1.29 is 9.72 Å². The van der Waals surface area contributed by atoms with E-state index >= 15 is 0 Å². The lowest BCUT2D eigenvalue weighted by Crippen LogP contribution is -2.29. The zero-order valence-corrected chi connectivity index (χ0v) is 17.7. The molecule has 2 aromatic carbocycles. The van der Waals surface area contributed by atoms with Crippen molar-refractivity contribution in [2.45, 2.75) is 19.3 Å². The van der Waals surface area contributed by atoms with E-state index in [0.717, 1.165) is 42.4 Å². The number of carbonyl (C=O) groups excluding carboxylic acids is 1. The number of nitrogens with one attached hydrogen (secondary N) is 1. The second-order valence-corrected chi connectivity index (χ2v) is 7.86. The molecule has 2 aromatic heterocycles. The first-order valence-electron chi connectivity index (χ1n) is 10.7. The predicted octanol–water partition coefficient (Wildman–Crippen LogP) is 3.97. The SMILES string of the molecule is O=C(Nc1ccc(N2CCCCC2)c2ccncc12)c1ccc(-n2cncn2)c([N+](=O)[O-])c1. The number of hydrogen-bond acceptors (Lipinski definition) is 7. The van der Waals surface area contributed by atoms with Crippen molar-refractivity contribution in [2.75, 3.05) is 23.3 Å². The molecule has 0 saturated carbocycles. The third-order valence-corrected chi connectivity index (χ3v) is 5.84. The van der Waals surface area contributed by atoms with Crippen molar-refractivity contribution in [3.63, 3.8) is 0 Å². The van der Waals surface area contributed by atoms with Crippen LogP contribution in [0, 0.1) is 10.1 Å². The highest BCUT2D eigenvalue weighted by atomic mass is 16.6. The number of anilines is 2. The minimum atomic E-state index is -0.541. The summed E-state index contributed by atoms with van der Waals surface area (Å²) < 4.78 is 1.29. The van der Waals surface area contributed by atoms with Crippen LogP contribution in [0.15, 0.2) is 61.4 Å². The molecule has 0 radical (unpaired) electrons. The average Bonchev–Trinajstić information content (AvgIpc) is 3.39. The highest BCUT2D eigenvalue weighted by Crippen LogP contribution is 2.33. The molecule has 4 aromatic rings. The van der Waals surface area contributed by atoms with Crippen LogP contribution >= 0.6 is 0 Å². The molecule has 3 heterocycles. The van der Waals surface area contributed by atoms with Crippen molar-refractivity contribution >= 4 is 33.7 Å². The molecule has 10 heteroatoms. The van der Waals surface area contributed by atoms with Crippen LogP contribution in [0.4, 0.5) is 17.1 Å². The van der Waals surface area contributed by atoms with Crippen LogP contribution in [0.1, 0.15) is 29.6 Å². The van der Waals surface area contributed by atoms with Gasteiger partial charge in [0, 0.05) is 53.6 Å². The van der Waals surface area contributed by atoms with Gasteiger partial charge in [-0.15, -0.1) is 0 Å². The Morgan fingerprint density at radius 3 is 2.58 bits per heavy atom. The van der Waals surface area contributed by atoms with Gasteiger partial charge in [0.25, 0.3) is 11.6 Å². The average molecular weight is 443 g/mol. The van der Waals surface area contributed by atoms with Gasteiger partial charge in [0.2, 0.25) is 0 Å². The highest BCUT2D eigenvalue weighted by Gasteiger charge is 2.21. The topological polar surface area (TPSA) is 119 Å². The number of carbonyl (C=O) groups is 1. The largest absolute Gasteiger partial charge is 0.371 e. The zero-order valence-electron chi connectivity index (χ0n) is 17.7. The Morgan fingerprint density at radius 1 is 1.00 bits per heavy atom. The van der Waals surface area contributed by atoms with Crippen LogP contribution in [0.3, 0.4) is 0 Å². The summed E-state index contributed by atoms with van der Waals surface area (Å²) in [7, 11) is 0. The molecule has 166 valence electrons. The number of benzene rings is 2. The fourth-order valence-electron chi connectivity index (χ4n) is 4.23. The summed E-state index contributed by atoms with van der Waals surface area (Å²) in [5, 5.41) is 20.3. The minimum Gasteiger partial charge on any atom is -0.371 e. The van der Waals surface area contributed by atoms with E-state index in [2.05, 4.69) is 25.3 Å². The number of nitrogens with zero attached hydrogens (tertiary/aromatic N) is 6. The highest BCUT2D eigenvalue weighted by molar-refractivity contribution is 6.11.